The van der Waals surface area contributed by atoms with Crippen molar-refractivity contribution in [3.05, 3.63) is 98.5 Å². The van der Waals surface area contributed by atoms with E-state index in [1.165, 1.54) is 6.08 Å². The summed E-state index contributed by atoms with van der Waals surface area (Å²) < 4.78 is 5.87. The van der Waals surface area contributed by atoms with Crippen LogP contribution in [-0.4, -0.2) is 5.91 Å². The molecule has 1 N–H and O–H groups in total. The first-order valence-electron chi connectivity index (χ1n) is 8.80. The van der Waals surface area contributed by atoms with Crippen LogP contribution in [0.5, 0.6) is 5.75 Å². The van der Waals surface area contributed by atoms with Gasteiger partial charge in [0.15, 0.2) is 0 Å². The maximum Gasteiger partial charge on any atom is 0.266 e. The van der Waals surface area contributed by atoms with Gasteiger partial charge in [0, 0.05) is 26.3 Å². The lowest BCUT2D eigenvalue weighted by Gasteiger charge is -2.11. The van der Waals surface area contributed by atoms with Crippen molar-refractivity contribution in [2.24, 2.45) is 0 Å². The first-order chi connectivity index (χ1) is 14.4. The predicted molar refractivity (Wildman–Crippen MR) is 121 cm³/mol. The fourth-order valence-electron chi connectivity index (χ4n) is 2.62. The summed E-state index contributed by atoms with van der Waals surface area (Å²) in [6, 6.07) is 20.8. The zero-order valence-corrected chi connectivity index (χ0v) is 17.8. The Balaban J connectivity index is 1.83. The van der Waals surface area contributed by atoms with Crippen LogP contribution in [0.25, 0.3) is 6.08 Å². The summed E-state index contributed by atoms with van der Waals surface area (Å²) in [5.74, 6) is -0.0942. The van der Waals surface area contributed by atoms with Crippen molar-refractivity contribution in [3.8, 4) is 11.8 Å². The number of halogens is 3. The molecule has 3 aromatic rings. The molecule has 3 rings (SSSR count). The fourth-order valence-corrected chi connectivity index (χ4v) is 3.20. The Bertz CT molecular complexity index is 1150. The lowest BCUT2D eigenvalue weighted by atomic mass is 10.1. The third-order valence-electron chi connectivity index (χ3n) is 4.00. The first-order valence-corrected chi connectivity index (χ1v) is 9.93. The van der Waals surface area contributed by atoms with E-state index in [0.717, 1.165) is 5.56 Å². The SMILES string of the molecule is N#C/C(=C\c1cc(Cl)ccc1OCc1cccc(Cl)c1)C(=O)Nc1cccc(Cl)c1. The maximum absolute atomic E-state index is 12.5. The van der Waals surface area contributed by atoms with E-state index < -0.39 is 5.91 Å². The van der Waals surface area contributed by atoms with Crippen molar-refractivity contribution >= 4 is 52.5 Å². The summed E-state index contributed by atoms with van der Waals surface area (Å²) in [7, 11) is 0. The molecule has 1 amide bonds. The second-order valence-corrected chi connectivity index (χ2v) is 7.54. The smallest absolute Gasteiger partial charge is 0.266 e. The van der Waals surface area contributed by atoms with Crippen molar-refractivity contribution in [1.82, 2.24) is 0 Å². The van der Waals surface area contributed by atoms with Gasteiger partial charge >= 0.3 is 0 Å². The Labute approximate surface area is 189 Å². The Morgan fingerprint density at radius 1 is 0.967 bits per heavy atom. The van der Waals surface area contributed by atoms with Gasteiger partial charge in [-0.2, -0.15) is 5.26 Å². The normalized spacial score (nSPS) is 10.9. The molecular weight excluding hydrogens is 443 g/mol. The number of hydrogen-bond donors (Lipinski definition) is 1. The summed E-state index contributed by atoms with van der Waals surface area (Å²) in [6.07, 6.45) is 1.43. The number of nitrogens with zero attached hydrogens (tertiary/aromatic N) is 1. The largest absolute Gasteiger partial charge is 0.488 e. The van der Waals surface area contributed by atoms with Gasteiger partial charge in [-0.25, -0.2) is 0 Å². The molecule has 0 aromatic heterocycles. The second-order valence-electron chi connectivity index (χ2n) is 6.24. The average Bonchev–Trinajstić information content (AvgIpc) is 2.71. The van der Waals surface area contributed by atoms with E-state index >= 15 is 0 Å². The van der Waals surface area contributed by atoms with Crippen LogP contribution < -0.4 is 10.1 Å². The highest BCUT2D eigenvalue weighted by Crippen LogP contribution is 2.27. The van der Waals surface area contributed by atoms with Gasteiger partial charge < -0.3 is 10.1 Å². The molecule has 0 fully saturated rings. The summed E-state index contributed by atoms with van der Waals surface area (Å²) in [5, 5.41) is 13.7. The highest BCUT2D eigenvalue weighted by atomic mass is 35.5. The fraction of sp³-hybridized carbons (Fsp3) is 0.0435. The molecule has 0 radical (unpaired) electrons. The van der Waals surface area contributed by atoms with Crippen LogP contribution >= 0.6 is 34.8 Å². The molecular formula is C23H15Cl3N2O2. The molecule has 30 heavy (non-hydrogen) atoms. The summed E-state index contributed by atoms with van der Waals surface area (Å²) in [5.41, 5.74) is 1.76. The van der Waals surface area contributed by atoms with Gasteiger partial charge in [0.25, 0.3) is 5.91 Å². The van der Waals surface area contributed by atoms with Crippen molar-refractivity contribution in [3.63, 3.8) is 0 Å². The van der Waals surface area contributed by atoms with E-state index in [0.29, 0.717) is 32.1 Å². The minimum atomic E-state index is -0.569. The molecule has 0 saturated heterocycles. The second kappa shape index (κ2) is 10.2. The minimum Gasteiger partial charge on any atom is -0.488 e. The van der Waals surface area contributed by atoms with Crippen molar-refractivity contribution in [2.45, 2.75) is 6.61 Å². The number of hydrogen-bond acceptors (Lipinski definition) is 3. The zero-order valence-electron chi connectivity index (χ0n) is 15.5. The van der Waals surface area contributed by atoms with Gasteiger partial charge in [0.05, 0.1) is 0 Å². The average molecular weight is 458 g/mol. The number of nitriles is 1. The molecule has 0 atom stereocenters. The van der Waals surface area contributed by atoms with Crippen molar-refractivity contribution in [2.75, 3.05) is 5.32 Å². The standard InChI is InChI=1S/C23H15Cl3N2O2/c24-18-4-1-3-15(9-18)14-30-22-8-7-20(26)11-16(22)10-17(13-27)23(29)28-21-6-2-5-19(25)12-21/h1-12H,14H2,(H,28,29)/b17-10+. The minimum absolute atomic E-state index is 0.107. The monoisotopic (exact) mass is 456 g/mol. The van der Waals surface area contributed by atoms with Crippen LogP contribution in [0.3, 0.4) is 0 Å². The van der Waals surface area contributed by atoms with Gasteiger partial charge in [0.1, 0.15) is 24.0 Å². The van der Waals surface area contributed by atoms with Crippen LogP contribution in [0.15, 0.2) is 72.3 Å². The van der Waals surface area contributed by atoms with Crippen LogP contribution in [0.1, 0.15) is 11.1 Å². The van der Waals surface area contributed by atoms with E-state index in [2.05, 4.69) is 5.32 Å². The number of anilines is 1. The molecule has 3 aromatic carbocycles. The molecule has 0 aliphatic heterocycles. The maximum atomic E-state index is 12.5. The molecule has 0 spiro atoms. The summed E-state index contributed by atoms with van der Waals surface area (Å²) in [6.45, 7) is 0.264. The zero-order chi connectivity index (χ0) is 21.5. The van der Waals surface area contributed by atoms with E-state index in [4.69, 9.17) is 39.5 Å². The van der Waals surface area contributed by atoms with Crippen LogP contribution in [-0.2, 0) is 11.4 Å². The number of carbonyl (C=O) groups is 1. The Morgan fingerprint density at radius 2 is 1.67 bits per heavy atom. The summed E-state index contributed by atoms with van der Waals surface area (Å²) in [4.78, 5) is 12.5. The van der Waals surface area contributed by atoms with Crippen LogP contribution in [0.2, 0.25) is 15.1 Å². The number of rotatable bonds is 6. The lowest BCUT2D eigenvalue weighted by Crippen LogP contribution is -2.13. The van der Waals surface area contributed by atoms with Crippen LogP contribution in [0.4, 0.5) is 5.69 Å². The molecule has 7 heteroatoms. The van der Waals surface area contributed by atoms with Gasteiger partial charge in [-0.3, -0.25) is 4.79 Å². The molecule has 0 unspecified atom stereocenters. The lowest BCUT2D eigenvalue weighted by molar-refractivity contribution is -0.112. The number of nitrogens with one attached hydrogen (secondary N) is 1. The van der Waals surface area contributed by atoms with Gasteiger partial charge in [-0.05, 0) is 60.2 Å². The third kappa shape index (κ3) is 6.01. The molecule has 0 aliphatic carbocycles. The number of amides is 1. The van der Waals surface area contributed by atoms with Gasteiger partial charge in [-0.1, -0.05) is 53.0 Å². The Hall–Kier alpha value is -2.97. The molecule has 4 nitrogen and oxygen atoms in total. The van der Waals surface area contributed by atoms with Crippen molar-refractivity contribution < 1.29 is 9.53 Å². The molecule has 0 saturated carbocycles. The Kier molecular flexibility index (Phi) is 7.37. The number of ether oxygens (including phenoxy) is 1. The highest BCUT2D eigenvalue weighted by Gasteiger charge is 2.12. The van der Waals surface area contributed by atoms with Gasteiger partial charge in [0.2, 0.25) is 0 Å². The predicted octanol–water partition coefficient (Wildman–Crippen LogP) is 6.77. The van der Waals surface area contributed by atoms with Gasteiger partial charge in [-0.15, -0.1) is 0 Å². The summed E-state index contributed by atoms with van der Waals surface area (Å²) >= 11 is 18.0. The van der Waals surface area contributed by atoms with Crippen LogP contribution in [0, 0.1) is 11.3 Å². The molecule has 0 heterocycles. The topological polar surface area (TPSA) is 62.1 Å². The van der Waals surface area contributed by atoms with E-state index in [1.54, 1.807) is 54.6 Å². The van der Waals surface area contributed by atoms with E-state index in [9.17, 15) is 10.1 Å². The Morgan fingerprint density at radius 3 is 2.37 bits per heavy atom. The number of benzene rings is 3. The molecule has 0 aliphatic rings. The van der Waals surface area contributed by atoms with E-state index in [1.807, 2.05) is 18.2 Å². The third-order valence-corrected chi connectivity index (χ3v) is 4.71. The number of carbonyl (C=O) groups excluding carboxylic acids is 1. The quantitative estimate of drug-likeness (QED) is 0.328. The van der Waals surface area contributed by atoms with Crippen molar-refractivity contribution in [1.29, 1.82) is 5.26 Å². The first kappa shape index (κ1) is 21.7. The molecule has 150 valence electrons. The highest BCUT2D eigenvalue weighted by molar-refractivity contribution is 6.31. The van der Waals surface area contributed by atoms with E-state index in [-0.39, 0.29) is 12.2 Å². The molecule has 0 bridgehead atoms.